The van der Waals surface area contributed by atoms with Crippen LogP contribution < -0.4 is 0 Å². The van der Waals surface area contributed by atoms with Gasteiger partial charge in [-0.1, -0.05) is 23.2 Å². The van der Waals surface area contributed by atoms with Crippen LogP contribution in [0.1, 0.15) is 31.4 Å². The van der Waals surface area contributed by atoms with Crippen LogP contribution in [0.5, 0.6) is 0 Å². The van der Waals surface area contributed by atoms with Gasteiger partial charge in [-0.25, -0.2) is 9.59 Å². The molecule has 0 unspecified atom stereocenters. The molecule has 7 heteroatoms. The van der Waals surface area contributed by atoms with Crippen molar-refractivity contribution in [2.45, 2.75) is 31.5 Å². The second-order valence-corrected chi connectivity index (χ2v) is 7.10. The van der Waals surface area contributed by atoms with E-state index in [0.717, 1.165) is 18.4 Å². The van der Waals surface area contributed by atoms with E-state index in [-0.39, 0.29) is 5.57 Å². The molecule has 1 saturated carbocycles. The molecule has 2 aliphatic rings. The lowest BCUT2D eigenvalue weighted by Crippen LogP contribution is -2.44. The fourth-order valence-electron chi connectivity index (χ4n) is 3.16. The van der Waals surface area contributed by atoms with Crippen molar-refractivity contribution in [3.8, 4) is 11.3 Å². The molecule has 2 aromatic rings. The van der Waals surface area contributed by atoms with Gasteiger partial charge in [-0.15, -0.1) is 0 Å². The van der Waals surface area contributed by atoms with Gasteiger partial charge >= 0.3 is 11.9 Å². The largest absolute Gasteiger partial charge is 0.457 e. The van der Waals surface area contributed by atoms with Crippen LogP contribution >= 0.6 is 23.2 Å². The van der Waals surface area contributed by atoms with Crippen LogP contribution in [-0.2, 0) is 19.1 Å². The van der Waals surface area contributed by atoms with Crippen molar-refractivity contribution in [1.82, 2.24) is 0 Å². The third-order valence-corrected chi connectivity index (χ3v) is 5.22. The summed E-state index contributed by atoms with van der Waals surface area (Å²) >= 11 is 11.9. The third kappa shape index (κ3) is 3.13. The topological polar surface area (TPSA) is 65.7 Å². The standard InChI is InChI=1S/C19H14Cl2O5/c20-14-5-3-11(9-15(14)21)16-6-4-12(24-16)10-13-17(22)25-19(26-18(13)23)7-1-2-8-19/h3-6,9-10H,1-2,7-8H2. The van der Waals surface area contributed by atoms with Crippen LogP contribution in [0.4, 0.5) is 0 Å². The molecule has 2 heterocycles. The second kappa shape index (κ2) is 6.49. The van der Waals surface area contributed by atoms with Gasteiger partial charge in [0.05, 0.1) is 10.0 Å². The van der Waals surface area contributed by atoms with Gasteiger partial charge in [0.1, 0.15) is 17.1 Å². The first kappa shape index (κ1) is 17.2. The van der Waals surface area contributed by atoms with Crippen molar-refractivity contribution in [3.05, 3.63) is 51.7 Å². The van der Waals surface area contributed by atoms with E-state index in [9.17, 15) is 9.59 Å². The first-order chi connectivity index (χ1) is 12.5. The van der Waals surface area contributed by atoms with Crippen molar-refractivity contribution in [2.75, 3.05) is 0 Å². The molecule has 1 aliphatic heterocycles. The Kier molecular flexibility index (Phi) is 4.29. The maximum absolute atomic E-state index is 12.3. The van der Waals surface area contributed by atoms with E-state index < -0.39 is 17.7 Å². The van der Waals surface area contributed by atoms with Gasteiger partial charge in [0.15, 0.2) is 0 Å². The highest BCUT2D eigenvalue weighted by molar-refractivity contribution is 6.42. The average Bonchev–Trinajstić information content (AvgIpc) is 3.23. The molecule has 2 fully saturated rings. The fraction of sp³-hybridized carbons (Fsp3) is 0.263. The molecule has 0 N–H and O–H groups in total. The summed E-state index contributed by atoms with van der Waals surface area (Å²) in [6, 6.07) is 8.45. The molecule has 4 rings (SSSR count). The predicted molar refractivity (Wildman–Crippen MR) is 95.5 cm³/mol. The molecule has 0 bridgehead atoms. The minimum Gasteiger partial charge on any atom is -0.457 e. The monoisotopic (exact) mass is 392 g/mol. The quantitative estimate of drug-likeness (QED) is 0.408. The SMILES string of the molecule is O=C1OC2(CCCC2)OC(=O)C1=Cc1ccc(-c2ccc(Cl)c(Cl)c2)o1. The lowest BCUT2D eigenvalue weighted by atomic mass is 10.1. The molecule has 1 aromatic carbocycles. The molecule has 0 amide bonds. The Hall–Kier alpha value is -2.24. The number of benzene rings is 1. The normalized spacial score (nSPS) is 18.8. The van der Waals surface area contributed by atoms with Crippen LogP contribution in [-0.4, -0.2) is 17.7 Å². The van der Waals surface area contributed by atoms with E-state index in [0.29, 0.717) is 34.4 Å². The zero-order valence-corrected chi connectivity index (χ0v) is 15.1. The summed E-state index contributed by atoms with van der Waals surface area (Å²) in [5.41, 5.74) is 0.542. The Morgan fingerprint density at radius 3 is 2.27 bits per heavy atom. The zero-order chi connectivity index (χ0) is 18.3. The number of furan rings is 1. The second-order valence-electron chi connectivity index (χ2n) is 6.29. The molecular formula is C19H14Cl2O5. The van der Waals surface area contributed by atoms with Gasteiger partial charge < -0.3 is 13.9 Å². The molecular weight excluding hydrogens is 379 g/mol. The molecule has 1 aromatic heterocycles. The minimum absolute atomic E-state index is 0.183. The summed E-state index contributed by atoms with van der Waals surface area (Å²) in [4.78, 5) is 24.5. The number of carbonyl (C=O) groups is 2. The number of esters is 2. The van der Waals surface area contributed by atoms with E-state index in [4.69, 9.17) is 37.1 Å². The van der Waals surface area contributed by atoms with Gasteiger partial charge in [0.25, 0.3) is 5.79 Å². The van der Waals surface area contributed by atoms with E-state index in [1.54, 1.807) is 30.3 Å². The van der Waals surface area contributed by atoms with Gasteiger partial charge in [-0.3, -0.25) is 0 Å². The summed E-state index contributed by atoms with van der Waals surface area (Å²) < 4.78 is 16.5. The van der Waals surface area contributed by atoms with Gasteiger partial charge in [0, 0.05) is 24.5 Å². The number of ether oxygens (including phenoxy) is 2. The highest BCUT2D eigenvalue weighted by Gasteiger charge is 2.48. The predicted octanol–water partition coefficient (Wildman–Crippen LogP) is 5.01. The summed E-state index contributed by atoms with van der Waals surface area (Å²) in [5, 5.41) is 0.847. The Balaban J connectivity index is 1.59. The van der Waals surface area contributed by atoms with Gasteiger partial charge in [-0.2, -0.15) is 0 Å². The number of carbonyl (C=O) groups excluding carboxylic acids is 2. The third-order valence-electron chi connectivity index (χ3n) is 4.48. The molecule has 5 nitrogen and oxygen atoms in total. The summed E-state index contributed by atoms with van der Waals surface area (Å²) in [5.74, 6) is -1.59. The smallest absolute Gasteiger partial charge is 0.349 e. The lowest BCUT2D eigenvalue weighted by molar-refractivity contribution is -0.232. The minimum atomic E-state index is -1.08. The fourth-order valence-corrected chi connectivity index (χ4v) is 3.46. The number of hydrogen-bond donors (Lipinski definition) is 0. The Morgan fingerprint density at radius 2 is 1.62 bits per heavy atom. The van der Waals surface area contributed by atoms with Crippen LogP contribution in [0, 0.1) is 0 Å². The molecule has 0 radical (unpaired) electrons. The van der Waals surface area contributed by atoms with Crippen molar-refractivity contribution in [3.63, 3.8) is 0 Å². The molecule has 134 valence electrons. The van der Waals surface area contributed by atoms with Crippen molar-refractivity contribution in [2.24, 2.45) is 0 Å². The molecule has 0 atom stereocenters. The molecule has 26 heavy (non-hydrogen) atoms. The maximum atomic E-state index is 12.3. The Bertz CT molecular complexity index is 900. The average molecular weight is 393 g/mol. The first-order valence-electron chi connectivity index (χ1n) is 8.19. The Morgan fingerprint density at radius 1 is 0.923 bits per heavy atom. The van der Waals surface area contributed by atoms with Crippen LogP contribution in [0.3, 0.4) is 0 Å². The highest BCUT2D eigenvalue weighted by atomic mass is 35.5. The lowest BCUT2D eigenvalue weighted by Gasteiger charge is -2.32. The van der Waals surface area contributed by atoms with Crippen LogP contribution in [0.25, 0.3) is 17.4 Å². The van der Waals surface area contributed by atoms with E-state index >= 15 is 0 Å². The van der Waals surface area contributed by atoms with Gasteiger partial charge in [0.2, 0.25) is 0 Å². The first-order valence-corrected chi connectivity index (χ1v) is 8.95. The zero-order valence-electron chi connectivity index (χ0n) is 13.6. The number of hydrogen-bond acceptors (Lipinski definition) is 5. The van der Waals surface area contributed by atoms with E-state index in [2.05, 4.69) is 0 Å². The maximum Gasteiger partial charge on any atom is 0.349 e. The molecule has 1 aliphatic carbocycles. The summed E-state index contributed by atoms with van der Waals surface area (Å²) in [6.07, 6.45) is 4.14. The Labute approximate surface area is 159 Å². The van der Waals surface area contributed by atoms with Crippen LogP contribution in [0.2, 0.25) is 10.0 Å². The summed E-state index contributed by atoms with van der Waals surface area (Å²) in [6.45, 7) is 0. The van der Waals surface area contributed by atoms with Crippen molar-refractivity contribution < 1.29 is 23.5 Å². The van der Waals surface area contributed by atoms with E-state index in [1.165, 1.54) is 6.08 Å². The van der Waals surface area contributed by atoms with Crippen molar-refractivity contribution >= 4 is 41.2 Å². The van der Waals surface area contributed by atoms with E-state index in [1.807, 2.05) is 0 Å². The number of rotatable bonds is 2. The molecule has 1 spiro atoms. The summed E-state index contributed by atoms with van der Waals surface area (Å²) in [7, 11) is 0. The van der Waals surface area contributed by atoms with Crippen LogP contribution in [0.15, 0.2) is 40.3 Å². The van der Waals surface area contributed by atoms with Gasteiger partial charge in [-0.05, 0) is 43.2 Å². The van der Waals surface area contributed by atoms with Crippen molar-refractivity contribution in [1.29, 1.82) is 0 Å². The highest BCUT2D eigenvalue weighted by Crippen LogP contribution is 2.39. The number of halogens is 2. The molecule has 1 saturated heterocycles.